The van der Waals surface area contributed by atoms with Gasteiger partial charge in [-0.3, -0.25) is 4.79 Å². The molecule has 0 aliphatic heterocycles. The fraction of sp³-hybridized carbons (Fsp3) is 0.611. The van der Waals surface area contributed by atoms with E-state index < -0.39 is 0 Å². The van der Waals surface area contributed by atoms with Crippen molar-refractivity contribution < 1.29 is 4.79 Å². The topological polar surface area (TPSA) is 17.1 Å². The Morgan fingerprint density at radius 3 is 1.95 bits per heavy atom. The van der Waals surface area contributed by atoms with Crippen molar-refractivity contribution in [1.29, 1.82) is 0 Å². The maximum atomic E-state index is 9.95. The Labute approximate surface area is 118 Å². The van der Waals surface area contributed by atoms with Gasteiger partial charge in [-0.15, -0.1) is 11.8 Å². The van der Waals surface area contributed by atoms with E-state index in [-0.39, 0.29) is 0 Å². The summed E-state index contributed by atoms with van der Waals surface area (Å²) in [4.78, 5) is 9.95. The van der Waals surface area contributed by atoms with Gasteiger partial charge < -0.3 is 0 Å². The number of hydrogen-bond acceptors (Lipinski definition) is 1. The summed E-state index contributed by atoms with van der Waals surface area (Å²) in [5.74, 6) is 17.5. The van der Waals surface area contributed by atoms with Crippen LogP contribution in [0.25, 0.3) is 0 Å². The number of carbonyl (C=O) groups is 1. The van der Waals surface area contributed by atoms with Gasteiger partial charge in [-0.05, 0) is 18.8 Å². The first kappa shape index (κ1) is 17.4. The lowest BCUT2D eigenvalue weighted by Crippen LogP contribution is -1.79. The maximum Gasteiger partial charge on any atom is 0.192 e. The molecule has 0 saturated heterocycles. The molecule has 19 heavy (non-hydrogen) atoms. The van der Waals surface area contributed by atoms with Crippen LogP contribution < -0.4 is 0 Å². The van der Waals surface area contributed by atoms with E-state index in [1.54, 1.807) is 0 Å². The number of aldehydes is 1. The van der Waals surface area contributed by atoms with Crippen LogP contribution in [0.5, 0.6) is 0 Å². The van der Waals surface area contributed by atoms with E-state index in [1.165, 1.54) is 32.1 Å². The highest BCUT2D eigenvalue weighted by molar-refractivity contribution is 5.72. The zero-order valence-corrected chi connectivity index (χ0v) is 12.1. The van der Waals surface area contributed by atoms with E-state index in [9.17, 15) is 4.79 Å². The van der Waals surface area contributed by atoms with Gasteiger partial charge in [0.2, 0.25) is 0 Å². The first-order chi connectivity index (χ1) is 9.41. The third-order valence-corrected chi connectivity index (χ3v) is 2.62. The first-order valence-electron chi connectivity index (χ1n) is 7.25. The third kappa shape index (κ3) is 16.4. The van der Waals surface area contributed by atoms with E-state index >= 15 is 0 Å². The zero-order valence-electron chi connectivity index (χ0n) is 12.1. The minimum Gasteiger partial charge on any atom is -0.289 e. The molecule has 0 N–H and O–H groups in total. The van der Waals surface area contributed by atoms with Gasteiger partial charge in [0.05, 0.1) is 6.42 Å². The molecule has 0 unspecified atom stereocenters. The van der Waals surface area contributed by atoms with Crippen molar-refractivity contribution in [2.45, 2.75) is 71.1 Å². The van der Waals surface area contributed by atoms with Gasteiger partial charge in [0, 0.05) is 19.3 Å². The SMILES string of the molecule is CCC#CCC#CCCCCCCCCC#CC=O. The summed E-state index contributed by atoms with van der Waals surface area (Å²) in [6.45, 7) is 2.05. The van der Waals surface area contributed by atoms with E-state index in [0.717, 1.165) is 32.1 Å². The van der Waals surface area contributed by atoms with Crippen LogP contribution in [0, 0.1) is 35.5 Å². The quantitative estimate of drug-likeness (QED) is 0.380. The van der Waals surface area contributed by atoms with E-state index in [1.807, 2.05) is 0 Å². The predicted octanol–water partition coefficient (Wildman–Crippen LogP) is 4.12. The number of hydrogen-bond donors (Lipinski definition) is 0. The molecule has 0 rings (SSSR count). The second-order valence-corrected chi connectivity index (χ2v) is 4.30. The lowest BCUT2D eigenvalue weighted by atomic mass is 10.1. The van der Waals surface area contributed by atoms with Gasteiger partial charge in [0.25, 0.3) is 0 Å². The van der Waals surface area contributed by atoms with Crippen LogP contribution in [-0.2, 0) is 4.79 Å². The smallest absolute Gasteiger partial charge is 0.192 e. The lowest BCUT2D eigenvalue weighted by molar-refractivity contribution is -0.103. The molecule has 0 aliphatic rings. The van der Waals surface area contributed by atoms with Crippen molar-refractivity contribution in [3.8, 4) is 35.5 Å². The molecule has 0 amide bonds. The number of carbonyl (C=O) groups excluding carboxylic acids is 1. The Morgan fingerprint density at radius 1 is 0.737 bits per heavy atom. The van der Waals surface area contributed by atoms with Crippen LogP contribution in [-0.4, -0.2) is 6.29 Å². The Morgan fingerprint density at radius 2 is 1.32 bits per heavy atom. The summed E-state index contributed by atoms with van der Waals surface area (Å²) < 4.78 is 0. The van der Waals surface area contributed by atoms with Crippen molar-refractivity contribution in [3.63, 3.8) is 0 Å². The summed E-state index contributed by atoms with van der Waals surface area (Å²) in [5.41, 5.74) is 0. The molecule has 0 spiro atoms. The average molecular weight is 256 g/mol. The molecule has 0 fully saturated rings. The molecule has 0 saturated carbocycles. The Balaban J connectivity index is 3.20. The van der Waals surface area contributed by atoms with Crippen molar-refractivity contribution in [2.75, 3.05) is 0 Å². The Bertz CT molecular complexity index is 387. The van der Waals surface area contributed by atoms with Gasteiger partial charge >= 0.3 is 0 Å². The largest absolute Gasteiger partial charge is 0.289 e. The molecule has 0 aromatic heterocycles. The van der Waals surface area contributed by atoms with Crippen molar-refractivity contribution >= 4 is 6.29 Å². The highest BCUT2D eigenvalue weighted by Crippen LogP contribution is 2.07. The van der Waals surface area contributed by atoms with Gasteiger partial charge in [-0.25, -0.2) is 0 Å². The maximum absolute atomic E-state index is 9.95. The molecule has 0 aromatic carbocycles. The van der Waals surface area contributed by atoms with Gasteiger partial charge in [-0.2, -0.15) is 0 Å². The zero-order chi connectivity index (χ0) is 14.0. The predicted molar refractivity (Wildman–Crippen MR) is 81.2 cm³/mol. The van der Waals surface area contributed by atoms with Crippen LogP contribution in [0.2, 0.25) is 0 Å². The minimum absolute atomic E-state index is 0.662. The summed E-state index contributed by atoms with van der Waals surface area (Å²) >= 11 is 0. The summed E-state index contributed by atoms with van der Waals surface area (Å²) in [6, 6.07) is 0. The standard InChI is InChI=1S/C18H24O/c1-2-3-4-5-6-7-8-9-10-11-12-13-14-15-16-17-18-19/h18H,2,5,8-15H2,1H3. The molecular weight excluding hydrogens is 232 g/mol. The van der Waals surface area contributed by atoms with Gasteiger partial charge in [0.1, 0.15) is 0 Å². The fourth-order valence-corrected chi connectivity index (χ4v) is 1.63. The monoisotopic (exact) mass is 256 g/mol. The molecule has 0 aliphatic carbocycles. The van der Waals surface area contributed by atoms with Crippen LogP contribution in [0.3, 0.4) is 0 Å². The van der Waals surface area contributed by atoms with Crippen molar-refractivity contribution in [2.24, 2.45) is 0 Å². The fourth-order valence-electron chi connectivity index (χ4n) is 1.63. The lowest BCUT2D eigenvalue weighted by Gasteiger charge is -1.97. The van der Waals surface area contributed by atoms with Crippen molar-refractivity contribution in [1.82, 2.24) is 0 Å². The third-order valence-electron chi connectivity index (χ3n) is 2.62. The van der Waals surface area contributed by atoms with Crippen LogP contribution in [0.15, 0.2) is 0 Å². The minimum atomic E-state index is 0.662. The Kier molecular flexibility index (Phi) is 14.9. The van der Waals surface area contributed by atoms with Crippen LogP contribution in [0.1, 0.15) is 71.1 Å². The van der Waals surface area contributed by atoms with Crippen LogP contribution in [0.4, 0.5) is 0 Å². The highest BCUT2D eigenvalue weighted by atomic mass is 16.1. The summed E-state index contributed by atoms with van der Waals surface area (Å²) in [7, 11) is 0. The van der Waals surface area contributed by atoms with E-state index in [0.29, 0.717) is 6.29 Å². The molecule has 0 aromatic rings. The highest BCUT2D eigenvalue weighted by Gasteiger charge is 1.89. The van der Waals surface area contributed by atoms with Gasteiger partial charge in [0.15, 0.2) is 6.29 Å². The molecule has 0 heterocycles. The number of unbranched alkanes of at least 4 members (excludes halogenated alkanes) is 7. The molecule has 0 bridgehead atoms. The normalized spacial score (nSPS) is 8.26. The number of rotatable bonds is 7. The molecule has 102 valence electrons. The molecule has 0 atom stereocenters. The summed E-state index contributed by atoms with van der Waals surface area (Å²) in [6.07, 6.45) is 11.5. The summed E-state index contributed by atoms with van der Waals surface area (Å²) in [5, 5.41) is 0. The first-order valence-corrected chi connectivity index (χ1v) is 7.25. The molecular formula is C18H24O. The average Bonchev–Trinajstić information content (AvgIpc) is 2.43. The Hall–Kier alpha value is -1.65. The van der Waals surface area contributed by atoms with E-state index in [2.05, 4.69) is 42.4 Å². The van der Waals surface area contributed by atoms with E-state index in [4.69, 9.17) is 0 Å². The van der Waals surface area contributed by atoms with Crippen LogP contribution >= 0.6 is 0 Å². The second-order valence-electron chi connectivity index (χ2n) is 4.30. The molecule has 0 radical (unpaired) electrons. The van der Waals surface area contributed by atoms with Crippen molar-refractivity contribution in [3.05, 3.63) is 0 Å². The molecule has 1 heteroatoms. The second kappa shape index (κ2) is 16.4. The van der Waals surface area contributed by atoms with Gasteiger partial charge in [-0.1, -0.05) is 50.4 Å². The molecule has 1 nitrogen and oxygen atoms in total.